The lowest BCUT2D eigenvalue weighted by molar-refractivity contribution is 0.196. The monoisotopic (exact) mass is 251 g/mol. The Kier molecular flexibility index (Phi) is 3.99. The molecule has 0 fully saturated rings. The van der Waals surface area contributed by atoms with Crippen LogP contribution in [0, 0.1) is 0 Å². The van der Waals surface area contributed by atoms with Gasteiger partial charge in [0.1, 0.15) is 6.61 Å². The summed E-state index contributed by atoms with van der Waals surface area (Å²) in [6.07, 6.45) is 4.11. The van der Waals surface area contributed by atoms with Crippen molar-refractivity contribution in [1.82, 2.24) is 4.98 Å². The molecule has 6 heteroatoms. The Morgan fingerprint density at radius 2 is 2.22 bits per heavy atom. The van der Waals surface area contributed by atoms with Gasteiger partial charge in [0.25, 0.3) is 0 Å². The van der Waals surface area contributed by atoms with Crippen LogP contribution < -0.4 is 10.5 Å². The fourth-order valence-electron chi connectivity index (χ4n) is 2.10. The van der Waals surface area contributed by atoms with Crippen LogP contribution in [0.2, 0.25) is 0 Å². The van der Waals surface area contributed by atoms with E-state index in [1.807, 2.05) is 6.07 Å². The van der Waals surface area contributed by atoms with Gasteiger partial charge in [0.15, 0.2) is 5.84 Å². The van der Waals surface area contributed by atoms with Gasteiger partial charge < -0.3 is 20.8 Å². The van der Waals surface area contributed by atoms with E-state index in [0.29, 0.717) is 11.4 Å². The third-order valence-corrected chi connectivity index (χ3v) is 2.98. The highest BCUT2D eigenvalue weighted by Gasteiger charge is 2.18. The number of hydrogen-bond acceptors (Lipinski definition) is 5. The van der Waals surface area contributed by atoms with E-state index in [9.17, 15) is 0 Å². The highest BCUT2D eigenvalue weighted by Crippen LogP contribution is 2.25. The van der Waals surface area contributed by atoms with Gasteiger partial charge in [-0.15, -0.1) is 0 Å². The Balaban J connectivity index is 2.40. The molecule has 1 aliphatic carbocycles. The Labute approximate surface area is 105 Å². The van der Waals surface area contributed by atoms with E-state index in [2.05, 4.69) is 10.1 Å². The van der Waals surface area contributed by atoms with Gasteiger partial charge in [-0.05, 0) is 37.3 Å². The summed E-state index contributed by atoms with van der Waals surface area (Å²) in [6, 6.07) is 1.86. The average Bonchev–Trinajstić information content (AvgIpc) is 2.43. The van der Waals surface area contributed by atoms with Gasteiger partial charge >= 0.3 is 0 Å². The second-order valence-corrected chi connectivity index (χ2v) is 4.21. The Hall–Kier alpha value is -1.82. The summed E-state index contributed by atoms with van der Waals surface area (Å²) in [4.78, 5) is 4.41. The molecule has 0 unspecified atom stereocenters. The third-order valence-electron chi connectivity index (χ3n) is 2.98. The first-order valence-corrected chi connectivity index (χ1v) is 6.00. The van der Waals surface area contributed by atoms with Crippen LogP contribution in [0.4, 0.5) is 0 Å². The second-order valence-electron chi connectivity index (χ2n) is 4.21. The number of amidine groups is 1. The molecular formula is C12H17N3O3. The number of oxime groups is 1. The summed E-state index contributed by atoms with van der Waals surface area (Å²) in [5.74, 6) is 0.295. The fourth-order valence-corrected chi connectivity index (χ4v) is 2.10. The van der Waals surface area contributed by atoms with Crippen LogP contribution in [0.3, 0.4) is 0 Å². The summed E-state index contributed by atoms with van der Waals surface area (Å²) < 4.78 is 5.34. The maximum atomic E-state index is 8.79. The Bertz CT molecular complexity index is 460. The molecule has 0 amide bonds. The van der Waals surface area contributed by atoms with E-state index in [1.54, 1.807) is 0 Å². The molecule has 1 aromatic heterocycles. The molecule has 2 rings (SSSR count). The van der Waals surface area contributed by atoms with Crippen molar-refractivity contribution in [3.63, 3.8) is 0 Å². The summed E-state index contributed by atoms with van der Waals surface area (Å²) in [5, 5.41) is 20.5. The minimum Gasteiger partial charge on any atom is -0.475 e. The van der Waals surface area contributed by atoms with Crippen LogP contribution in [0.15, 0.2) is 11.2 Å². The molecule has 1 heterocycles. The SMILES string of the molecule is NC(=NO)c1cc2c(nc1OCCO)CCCC2. The van der Waals surface area contributed by atoms with Crippen LogP contribution in [0.5, 0.6) is 5.88 Å². The smallest absolute Gasteiger partial charge is 0.224 e. The second kappa shape index (κ2) is 5.68. The first kappa shape index (κ1) is 12.6. The van der Waals surface area contributed by atoms with Crippen molar-refractivity contribution in [1.29, 1.82) is 0 Å². The molecule has 0 radical (unpaired) electrons. The molecule has 0 spiro atoms. The zero-order chi connectivity index (χ0) is 13.0. The van der Waals surface area contributed by atoms with E-state index in [4.69, 9.17) is 20.8 Å². The number of hydrogen-bond donors (Lipinski definition) is 3. The number of ether oxygens (including phenoxy) is 1. The van der Waals surface area contributed by atoms with Crippen LogP contribution in [0.1, 0.15) is 29.7 Å². The van der Waals surface area contributed by atoms with E-state index < -0.39 is 0 Å². The number of pyridine rings is 1. The maximum Gasteiger partial charge on any atom is 0.224 e. The van der Waals surface area contributed by atoms with Gasteiger partial charge in [-0.3, -0.25) is 0 Å². The van der Waals surface area contributed by atoms with Crippen LogP contribution in [-0.2, 0) is 12.8 Å². The van der Waals surface area contributed by atoms with Gasteiger partial charge in [0, 0.05) is 5.69 Å². The topological polar surface area (TPSA) is 101 Å². The van der Waals surface area contributed by atoms with Crippen molar-refractivity contribution >= 4 is 5.84 Å². The van der Waals surface area contributed by atoms with E-state index in [-0.39, 0.29) is 19.0 Å². The first-order valence-electron chi connectivity index (χ1n) is 6.00. The molecule has 0 atom stereocenters. The molecule has 6 nitrogen and oxygen atoms in total. The zero-order valence-electron chi connectivity index (χ0n) is 10.1. The van der Waals surface area contributed by atoms with Gasteiger partial charge in [0.2, 0.25) is 5.88 Å². The molecule has 4 N–H and O–H groups in total. The molecule has 0 saturated heterocycles. The third kappa shape index (κ3) is 2.53. The molecule has 0 aromatic carbocycles. The van der Waals surface area contributed by atoms with Crippen LogP contribution >= 0.6 is 0 Å². The largest absolute Gasteiger partial charge is 0.475 e. The van der Waals surface area contributed by atoms with Crippen molar-refractivity contribution in [2.24, 2.45) is 10.9 Å². The molecule has 1 aliphatic rings. The Morgan fingerprint density at radius 3 is 2.94 bits per heavy atom. The average molecular weight is 251 g/mol. The van der Waals surface area contributed by atoms with Crippen LogP contribution in [0.25, 0.3) is 0 Å². The number of aryl methyl sites for hydroxylation is 2. The first-order chi connectivity index (χ1) is 8.76. The predicted molar refractivity (Wildman–Crippen MR) is 66.0 cm³/mol. The number of nitrogens with two attached hydrogens (primary N) is 1. The standard InChI is InChI=1S/C12H17N3O3/c13-11(15-17)9-7-8-3-1-2-4-10(8)14-12(9)18-6-5-16/h7,16-17H,1-6H2,(H2,13,15). The van der Waals surface area contributed by atoms with Gasteiger partial charge in [0.05, 0.1) is 12.2 Å². The van der Waals surface area contributed by atoms with Crippen molar-refractivity contribution < 1.29 is 15.1 Å². The number of aliphatic hydroxyl groups is 1. The molecule has 0 aliphatic heterocycles. The number of rotatable bonds is 4. The molecule has 1 aromatic rings. The van der Waals surface area contributed by atoms with E-state index in [1.165, 1.54) is 0 Å². The van der Waals surface area contributed by atoms with E-state index >= 15 is 0 Å². The van der Waals surface area contributed by atoms with Crippen molar-refractivity contribution in [3.8, 4) is 5.88 Å². The van der Waals surface area contributed by atoms with Crippen molar-refractivity contribution in [2.45, 2.75) is 25.7 Å². The summed E-state index contributed by atoms with van der Waals surface area (Å²) in [6.45, 7) is 0.0336. The van der Waals surface area contributed by atoms with Crippen molar-refractivity contribution in [3.05, 3.63) is 22.9 Å². The van der Waals surface area contributed by atoms with E-state index in [0.717, 1.165) is 36.9 Å². The fraction of sp³-hybridized carbons (Fsp3) is 0.500. The normalized spacial score (nSPS) is 15.3. The van der Waals surface area contributed by atoms with Crippen LogP contribution in [-0.4, -0.2) is 34.3 Å². The summed E-state index contributed by atoms with van der Waals surface area (Å²) in [5.41, 5.74) is 8.22. The highest BCUT2D eigenvalue weighted by molar-refractivity contribution is 5.99. The summed E-state index contributed by atoms with van der Waals surface area (Å²) >= 11 is 0. The lowest BCUT2D eigenvalue weighted by atomic mass is 9.95. The minimum absolute atomic E-state index is 0.0242. The quantitative estimate of drug-likeness (QED) is 0.312. The number of nitrogens with zero attached hydrogens (tertiary/aromatic N) is 2. The lowest BCUT2D eigenvalue weighted by Crippen LogP contribution is -2.19. The van der Waals surface area contributed by atoms with Gasteiger partial charge in [-0.25, -0.2) is 4.98 Å². The summed E-state index contributed by atoms with van der Waals surface area (Å²) in [7, 11) is 0. The molecule has 0 saturated carbocycles. The lowest BCUT2D eigenvalue weighted by Gasteiger charge is -2.18. The number of fused-ring (bicyclic) bond motifs is 1. The highest BCUT2D eigenvalue weighted by atomic mass is 16.5. The maximum absolute atomic E-state index is 8.79. The predicted octanol–water partition coefficient (Wildman–Crippen LogP) is 0.426. The molecule has 0 bridgehead atoms. The van der Waals surface area contributed by atoms with Crippen molar-refractivity contribution in [2.75, 3.05) is 13.2 Å². The van der Waals surface area contributed by atoms with Gasteiger partial charge in [-0.1, -0.05) is 5.16 Å². The zero-order valence-corrected chi connectivity index (χ0v) is 10.1. The number of aromatic nitrogens is 1. The van der Waals surface area contributed by atoms with Gasteiger partial charge in [-0.2, -0.15) is 0 Å². The molecule has 98 valence electrons. The number of aliphatic hydroxyl groups excluding tert-OH is 1. The molecular weight excluding hydrogens is 234 g/mol. The Morgan fingerprint density at radius 1 is 1.44 bits per heavy atom. The minimum atomic E-state index is -0.103. The molecule has 18 heavy (non-hydrogen) atoms.